The molecule has 2 heteroatoms. The molecule has 0 radical (unpaired) electrons. The smallest absolute Gasteiger partial charge is 0.0223 e. The third kappa shape index (κ3) is 4.18. The van der Waals surface area contributed by atoms with Crippen LogP contribution in [0.2, 0.25) is 0 Å². The maximum Gasteiger partial charge on any atom is 0.0223 e. The van der Waals surface area contributed by atoms with Crippen LogP contribution in [0.1, 0.15) is 51.9 Å². The van der Waals surface area contributed by atoms with Crippen LogP contribution >= 0.6 is 11.6 Å². The molecule has 1 aliphatic carbocycles. The van der Waals surface area contributed by atoms with Gasteiger partial charge < -0.3 is 4.90 Å². The standard InChI is InChI=1S/C12H24ClN/c1-2-14(11-7-3-6-10-13)12-8-4-5-9-12/h12H,2-11H2,1H3. The van der Waals surface area contributed by atoms with E-state index in [1.165, 1.54) is 58.0 Å². The molecule has 0 bridgehead atoms. The van der Waals surface area contributed by atoms with Gasteiger partial charge in [-0.05, 0) is 38.8 Å². The topological polar surface area (TPSA) is 3.24 Å². The van der Waals surface area contributed by atoms with Crippen LogP contribution in [0.3, 0.4) is 0 Å². The number of alkyl halides is 1. The number of nitrogens with zero attached hydrogens (tertiary/aromatic N) is 1. The summed E-state index contributed by atoms with van der Waals surface area (Å²) in [7, 11) is 0. The van der Waals surface area contributed by atoms with Crippen LogP contribution in [0.15, 0.2) is 0 Å². The average Bonchev–Trinajstić information content (AvgIpc) is 2.71. The zero-order valence-electron chi connectivity index (χ0n) is 9.47. The van der Waals surface area contributed by atoms with Gasteiger partial charge in [0.15, 0.2) is 0 Å². The lowest BCUT2D eigenvalue weighted by Crippen LogP contribution is -2.33. The highest BCUT2D eigenvalue weighted by atomic mass is 35.5. The molecule has 1 fully saturated rings. The molecule has 0 aromatic rings. The second kappa shape index (κ2) is 7.53. The lowest BCUT2D eigenvalue weighted by Gasteiger charge is -2.27. The van der Waals surface area contributed by atoms with Gasteiger partial charge in [-0.1, -0.05) is 26.2 Å². The van der Waals surface area contributed by atoms with Gasteiger partial charge in [-0.3, -0.25) is 0 Å². The van der Waals surface area contributed by atoms with E-state index in [0.29, 0.717) is 0 Å². The number of rotatable bonds is 7. The highest BCUT2D eigenvalue weighted by Crippen LogP contribution is 2.23. The van der Waals surface area contributed by atoms with Crippen LogP contribution < -0.4 is 0 Å². The fourth-order valence-electron chi connectivity index (χ4n) is 2.45. The Kier molecular flexibility index (Phi) is 6.63. The highest BCUT2D eigenvalue weighted by Gasteiger charge is 2.20. The Labute approximate surface area is 93.8 Å². The lowest BCUT2D eigenvalue weighted by molar-refractivity contribution is 0.205. The molecule has 0 atom stereocenters. The van der Waals surface area contributed by atoms with Crippen LogP contribution in [-0.4, -0.2) is 29.9 Å². The van der Waals surface area contributed by atoms with E-state index in [9.17, 15) is 0 Å². The van der Waals surface area contributed by atoms with E-state index in [1.807, 2.05) is 0 Å². The van der Waals surface area contributed by atoms with E-state index in [0.717, 1.165) is 11.9 Å². The molecule has 0 aliphatic heterocycles. The van der Waals surface area contributed by atoms with Gasteiger partial charge in [0.25, 0.3) is 0 Å². The van der Waals surface area contributed by atoms with Crippen molar-refractivity contribution in [2.75, 3.05) is 19.0 Å². The first-order chi connectivity index (χ1) is 6.88. The molecule has 1 rings (SSSR count). The second-order valence-electron chi connectivity index (χ2n) is 4.32. The molecule has 0 spiro atoms. The molecule has 14 heavy (non-hydrogen) atoms. The summed E-state index contributed by atoms with van der Waals surface area (Å²) in [5.74, 6) is 0.829. The summed E-state index contributed by atoms with van der Waals surface area (Å²) < 4.78 is 0. The minimum absolute atomic E-state index is 0.829. The molecule has 0 heterocycles. The number of halogens is 1. The Hall–Kier alpha value is 0.250. The fourth-order valence-corrected chi connectivity index (χ4v) is 2.64. The van der Waals surface area contributed by atoms with Crippen LogP contribution in [0.4, 0.5) is 0 Å². The molecular formula is C12H24ClN. The van der Waals surface area contributed by atoms with Crippen molar-refractivity contribution in [3.05, 3.63) is 0 Å². The molecule has 1 aliphatic rings. The predicted molar refractivity (Wildman–Crippen MR) is 64.1 cm³/mol. The summed E-state index contributed by atoms with van der Waals surface area (Å²) in [6, 6.07) is 0.899. The first-order valence-corrected chi connectivity index (χ1v) is 6.72. The summed E-state index contributed by atoms with van der Waals surface area (Å²) in [6.45, 7) is 4.81. The Morgan fingerprint density at radius 3 is 2.43 bits per heavy atom. The molecule has 0 amide bonds. The Morgan fingerprint density at radius 1 is 1.14 bits per heavy atom. The van der Waals surface area contributed by atoms with Crippen LogP contribution in [0.5, 0.6) is 0 Å². The third-order valence-corrected chi connectivity index (χ3v) is 3.59. The predicted octanol–water partition coefficient (Wildman–Crippen LogP) is 3.66. The first kappa shape index (κ1) is 12.3. The molecule has 1 saturated carbocycles. The fraction of sp³-hybridized carbons (Fsp3) is 1.00. The van der Waals surface area contributed by atoms with E-state index >= 15 is 0 Å². The Balaban J connectivity index is 2.11. The van der Waals surface area contributed by atoms with Crippen molar-refractivity contribution in [3.63, 3.8) is 0 Å². The monoisotopic (exact) mass is 217 g/mol. The molecular weight excluding hydrogens is 194 g/mol. The molecule has 84 valence electrons. The van der Waals surface area contributed by atoms with E-state index in [2.05, 4.69) is 11.8 Å². The SMILES string of the molecule is CCN(CCCCCCl)C1CCCC1. The summed E-state index contributed by atoms with van der Waals surface area (Å²) in [5.41, 5.74) is 0. The van der Waals surface area contributed by atoms with Crippen molar-refractivity contribution in [1.29, 1.82) is 0 Å². The largest absolute Gasteiger partial charge is 0.301 e. The van der Waals surface area contributed by atoms with Crippen molar-refractivity contribution in [2.24, 2.45) is 0 Å². The Bertz CT molecular complexity index is 132. The molecule has 0 N–H and O–H groups in total. The minimum atomic E-state index is 0.829. The van der Waals surface area contributed by atoms with Crippen molar-refractivity contribution in [2.45, 2.75) is 57.9 Å². The van der Waals surface area contributed by atoms with Crippen LogP contribution in [-0.2, 0) is 0 Å². The van der Waals surface area contributed by atoms with Crippen LogP contribution in [0, 0.1) is 0 Å². The van der Waals surface area contributed by atoms with E-state index in [4.69, 9.17) is 11.6 Å². The summed E-state index contributed by atoms with van der Waals surface area (Å²) in [6.07, 6.45) is 9.58. The first-order valence-electron chi connectivity index (χ1n) is 6.18. The van der Waals surface area contributed by atoms with Crippen molar-refractivity contribution >= 4 is 11.6 Å². The molecule has 1 nitrogen and oxygen atoms in total. The van der Waals surface area contributed by atoms with Crippen LogP contribution in [0.25, 0.3) is 0 Å². The van der Waals surface area contributed by atoms with Gasteiger partial charge in [0, 0.05) is 11.9 Å². The van der Waals surface area contributed by atoms with Crippen molar-refractivity contribution < 1.29 is 0 Å². The van der Waals surface area contributed by atoms with Crippen molar-refractivity contribution in [1.82, 2.24) is 4.90 Å². The van der Waals surface area contributed by atoms with Gasteiger partial charge in [0.2, 0.25) is 0 Å². The van der Waals surface area contributed by atoms with Gasteiger partial charge in [-0.25, -0.2) is 0 Å². The number of unbranched alkanes of at least 4 members (excludes halogenated alkanes) is 2. The molecule has 0 unspecified atom stereocenters. The maximum absolute atomic E-state index is 5.66. The normalized spacial score (nSPS) is 18.2. The van der Waals surface area contributed by atoms with Gasteiger partial charge in [-0.15, -0.1) is 11.6 Å². The zero-order valence-corrected chi connectivity index (χ0v) is 10.2. The summed E-state index contributed by atoms with van der Waals surface area (Å²) in [4.78, 5) is 2.67. The van der Waals surface area contributed by atoms with Crippen molar-refractivity contribution in [3.8, 4) is 0 Å². The molecule has 0 aromatic heterocycles. The average molecular weight is 218 g/mol. The van der Waals surface area contributed by atoms with E-state index in [-0.39, 0.29) is 0 Å². The Morgan fingerprint density at radius 2 is 1.86 bits per heavy atom. The molecule has 0 aromatic carbocycles. The minimum Gasteiger partial charge on any atom is -0.301 e. The lowest BCUT2D eigenvalue weighted by atomic mass is 10.2. The van der Waals surface area contributed by atoms with Gasteiger partial charge in [-0.2, -0.15) is 0 Å². The number of hydrogen-bond donors (Lipinski definition) is 0. The van der Waals surface area contributed by atoms with Gasteiger partial charge in [0.1, 0.15) is 0 Å². The molecule has 0 saturated heterocycles. The number of hydrogen-bond acceptors (Lipinski definition) is 1. The van der Waals surface area contributed by atoms with E-state index in [1.54, 1.807) is 0 Å². The van der Waals surface area contributed by atoms with Gasteiger partial charge >= 0.3 is 0 Å². The zero-order chi connectivity index (χ0) is 10.2. The quantitative estimate of drug-likeness (QED) is 0.465. The van der Waals surface area contributed by atoms with E-state index < -0.39 is 0 Å². The van der Waals surface area contributed by atoms with Gasteiger partial charge in [0.05, 0.1) is 0 Å². The summed E-state index contributed by atoms with van der Waals surface area (Å²) in [5, 5.41) is 0. The maximum atomic E-state index is 5.66. The second-order valence-corrected chi connectivity index (χ2v) is 4.69. The highest BCUT2D eigenvalue weighted by molar-refractivity contribution is 6.17. The summed E-state index contributed by atoms with van der Waals surface area (Å²) >= 11 is 5.66. The third-order valence-electron chi connectivity index (χ3n) is 3.33.